The standard InChI is InChI=1S/C16H23NOS/c1-3-12-4-8-14(9-5-12)17-16(18)13-6-10-15(19-2)11-7-13/h6-7,10-12,14H,3-5,8-9H2,1-2H3,(H,17,18). The van der Waals surface area contributed by atoms with Crippen molar-refractivity contribution in [3.05, 3.63) is 29.8 Å². The van der Waals surface area contributed by atoms with Crippen molar-refractivity contribution in [2.45, 2.75) is 50.0 Å². The van der Waals surface area contributed by atoms with Crippen molar-refractivity contribution in [1.82, 2.24) is 5.32 Å². The summed E-state index contributed by atoms with van der Waals surface area (Å²) in [6.07, 6.45) is 8.10. The highest BCUT2D eigenvalue weighted by Gasteiger charge is 2.21. The quantitative estimate of drug-likeness (QED) is 0.839. The van der Waals surface area contributed by atoms with Crippen molar-refractivity contribution in [3.63, 3.8) is 0 Å². The molecule has 0 aliphatic heterocycles. The van der Waals surface area contributed by atoms with Gasteiger partial charge in [0, 0.05) is 16.5 Å². The van der Waals surface area contributed by atoms with Crippen molar-refractivity contribution < 1.29 is 4.79 Å². The van der Waals surface area contributed by atoms with Crippen molar-refractivity contribution in [1.29, 1.82) is 0 Å². The van der Waals surface area contributed by atoms with E-state index in [1.807, 2.05) is 30.5 Å². The Bertz CT molecular complexity index is 407. The van der Waals surface area contributed by atoms with E-state index in [4.69, 9.17) is 0 Å². The van der Waals surface area contributed by atoms with Gasteiger partial charge >= 0.3 is 0 Å². The molecule has 1 aromatic carbocycles. The number of rotatable bonds is 4. The molecule has 0 bridgehead atoms. The van der Waals surface area contributed by atoms with Crippen LogP contribution in [0.4, 0.5) is 0 Å². The lowest BCUT2D eigenvalue weighted by atomic mass is 9.84. The summed E-state index contributed by atoms with van der Waals surface area (Å²) in [5.41, 5.74) is 0.774. The minimum Gasteiger partial charge on any atom is -0.349 e. The Morgan fingerprint density at radius 3 is 2.37 bits per heavy atom. The third-order valence-electron chi connectivity index (χ3n) is 4.11. The second kappa shape index (κ2) is 6.99. The molecule has 1 aliphatic rings. The van der Waals surface area contributed by atoms with Gasteiger partial charge < -0.3 is 5.32 Å². The number of nitrogens with one attached hydrogen (secondary N) is 1. The maximum Gasteiger partial charge on any atom is 0.251 e. The van der Waals surface area contributed by atoms with Gasteiger partial charge in [0.05, 0.1) is 0 Å². The van der Waals surface area contributed by atoms with Crippen molar-refractivity contribution in [2.24, 2.45) is 5.92 Å². The van der Waals surface area contributed by atoms with E-state index in [-0.39, 0.29) is 5.91 Å². The van der Waals surface area contributed by atoms with Crippen LogP contribution in [0, 0.1) is 5.92 Å². The predicted molar refractivity (Wildman–Crippen MR) is 81.7 cm³/mol. The molecule has 2 nitrogen and oxygen atoms in total. The van der Waals surface area contributed by atoms with Gasteiger partial charge in [-0.15, -0.1) is 11.8 Å². The smallest absolute Gasteiger partial charge is 0.251 e. The molecule has 0 saturated heterocycles. The summed E-state index contributed by atoms with van der Waals surface area (Å²) in [5, 5.41) is 3.17. The van der Waals surface area contributed by atoms with Crippen LogP contribution in [0.3, 0.4) is 0 Å². The molecule has 0 spiro atoms. The van der Waals surface area contributed by atoms with Gasteiger partial charge in [-0.3, -0.25) is 4.79 Å². The average Bonchev–Trinajstić information content (AvgIpc) is 2.48. The molecule has 0 unspecified atom stereocenters. The first kappa shape index (κ1) is 14.4. The summed E-state index contributed by atoms with van der Waals surface area (Å²) in [7, 11) is 0. The Morgan fingerprint density at radius 1 is 1.21 bits per heavy atom. The number of carbonyl (C=O) groups excluding carboxylic acids is 1. The van der Waals surface area contributed by atoms with Crippen LogP contribution in [0.15, 0.2) is 29.2 Å². The van der Waals surface area contributed by atoms with Gasteiger partial charge in [0.25, 0.3) is 5.91 Å². The van der Waals surface area contributed by atoms with E-state index in [0.29, 0.717) is 6.04 Å². The molecule has 1 aliphatic carbocycles. The fraction of sp³-hybridized carbons (Fsp3) is 0.562. The zero-order valence-electron chi connectivity index (χ0n) is 11.8. The van der Waals surface area contributed by atoms with Crippen LogP contribution >= 0.6 is 11.8 Å². The Hall–Kier alpha value is -0.960. The molecule has 3 heteroatoms. The molecule has 19 heavy (non-hydrogen) atoms. The minimum absolute atomic E-state index is 0.0765. The molecule has 0 aromatic heterocycles. The number of thioether (sulfide) groups is 1. The van der Waals surface area contributed by atoms with Gasteiger partial charge in [-0.05, 0) is 62.1 Å². The number of amides is 1. The summed E-state index contributed by atoms with van der Waals surface area (Å²) in [5.74, 6) is 0.946. The predicted octanol–water partition coefficient (Wildman–Crippen LogP) is 4.11. The van der Waals surface area contributed by atoms with Crippen LogP contribution in [0.1, 0.15) is 49.4 Å². The first-order chi connectivity index (χ1) is 9.22. The van der Waals surface area contributed by atoms with Crippen molar-refractivity contribution >= 4 is 17.7 Å². The van der Waals surface area contributed by atoms with Gasteiger partial charge in [0.2, 0.25) is 0 Å². The first-order valence-corrected chi connectivity index (χ1v) is 8.40. The van der Waals surface area contributed by atoms with E-state index in [9.17, 15) is 4.79 Å². The number of hydrogen-bond donors (Lipinski definition) is 1. The lowest BCUT2D eigenvalue weighted by Gasteiger charge is -2.28. The molecule has 0 radical (unpaired) electrons. The zero-order chi connectivity index (χ0) is 13.7. The number of benzene rings is 1. The second-order valence-electron chi connectivity index (χ2n) is 5.33. The Kier molecular flexibility index (Phi) is 5.32. The van der Waals surface area contributed by atoms with Crippen LogP contribution in [0.5, 0.6) is 0 Å². The molecule has 1 saturated carbocycles. The van der Waals surface area contributed by atoms with Crippen molar-refractivity contribution in [3.8, 4) is 0 Å². The van der Waals surface area contributed by atoms with Crippen LogP contribution in [-0.4, -0.2) is 18.2 Å². The molecule has 0 atom stereocenters. The van der Waals surface area contributed by atoms with Gasteiger partial charge in [-0.2, -0.15) is 0 Å². The Balaban J connectivity index is 1.87. The SMILES string of the molecule is CCC1CCC(NC(=O)c2ccc(SC)cc2)CC1. The highest BCUT2D eigenvalue weighted by Crippen LogP contribution is 2.26. The number of hydrogen-bond acceptors (Lipinski definition) is 2. The van der Waals surface area contributed by atoms with E-state index >= 15 is 0 Å². The van der Waals surface area contributed by atoms with Crippen LogP contribution in [-0.2, 0) is 0 Å². The van der Waals surface area contributed by atoms with Gasteiger partial charge in [0.15, 0.2) is 0 Å². The highest BCUT2D eigenvalue weighted by atomic mass is 32.2. The monoisotopic (exact) mass is 277 g/mol. The van der Waals surface area contributed by atoms with Gasteiger partial charge in [-0.25, -0.2) is 0 Å². The fourth-order valence-electron chi connectivity index (χ4n) is 2.73. The fourth-order valence-corrected chi connectivity index (χ4v) is 3.13. The van der Waals surface area contributed by atoms with Crippen molar-refractivity contribution in [2.75, 3.05) is 6.26 Å². The third-order valence-corrected chi connectivity index (χ3v) is 4.86. The van der Waals surface area contributed by atoms with Gasteiger partial charge in [0.1, 0.15) is 0 Å². The average molecular weight is 277 g/mol. The van der Waals surface area contributed by atoms with E-state index in [1.54, 1.807) is 11.8 Å². The third kappa shape index (κ3) is 4.00. The van der Waals surface area contributed by atoms with Gasteiger partial charge in [-0.1, -0.05) is 13.3 Å². The Morgan fingerprint density at radius 2 is 1.84 bits per heavy atom. The van der Waals surface area contributed by atoms with E-state index in [0.717, 1.165) is 24.3 Å². The molecule has 1 N–H and O–H groups in total. The van der Waals surface area contributed by atoms with E-state index in [2.05, 4.69) is 12.2 Å². The number of carbonyl (C=O) groups is 1. The van der Waals surface area contributed by atoms with Crippen LogP contribution in [0.2, 0.25) is 0 Å². The largest absolute Gasteiger partial charge is 0.349 e. The van der Waals surface area contributed by atoms with E-state index in [1.165, 1.54) is 24.2 Å². The zero-order valence-corrected chi connectivity index (χ0v) is 12.6. The summed E-state index contributed by atoms with van der Waals surface area (Å²) >= 11 is 1.70. The lowest BCUT2D eigenvalue weighted by molar-refractivity contribution is 0.0921. The second-order valence-corrected chi connectivity index (χ2v) is 6.21. The molecule has 0 heterocycles. The summed E-state index contributed by atoms with van der Waals surface area (Å²) < 4.78 is 0. The summed E-state index contributed by atoms with van der Waals surface area (Å²) in [6, 6.07) is 8.22. The topological polar surface area (TPSA) is 29.1 Å². The van der Waals surface area contributed by atoms with Crippen LogP contribution < -0.4 is 5.32 Å². The summed E-state index contributed by atoms with van der Waals surface area (Å²) in [6.45, 7) is 2.26. The van der Waals surface area contributed by atoms with E-state index < -0.39 is 0 Å². The molecule has 1 fully saturated rings. The molecule has 1 amide bonds. The molecule has 2 rings (SSSR count). The van der Waals surface area contributed by atoms with Crippen LogP contribution in [0.25, 0.3) is 0 Å². The maximum atomic E-state index is 12.1. The normalized spacial score (nSPS) is 23.1. The summed E-state index contributed by atoms with van der Waals surface area (Å²) in [4.78, 5) is 13.3. The molecule has 1 aromatic rings. The highest BCUT2D eigenvalue weighted by molar-refractivity contribution is 7.98. The minimum atomic E-state index is 0.0765. The molecular weight excluding hydrogens is 254 g/mol. The molecular formula is C16H23NOS. The maximum absolute atomic E-state index is 12.1. The first-order valence-electron chi connectivity index (χ1n) is 7.17. The lowest BCUT2D eigenvalue weighted by Crippen LogP contribution is -2.37. The Labute approximate surface area is 120 Å². The molecule has 104 valence electrons.